The Labute approximate surface area is 602 Å². The van der Waals surface area contributed by atoms with Gasteiger partial charge in [-0.1, -0.05) is 261 Å². The van der Waals surface area contributed by atoms with Gasteiger partial charge in [-0.05, 0) is 141 Å². The van der Waals surface area contributed by atoms with Crippen molar-refractivity contribution in [2.24, 2.45) is 0 Å². The van der Waals surface area contributed by atoms with Crippen LogP contribution < -0.4 is 0 Å². The summed E-state index contributed by atoms with van der Waals surface area (Å²) >= 11 is 0. The maximum absolute atomic E-state index is 13.1. The molecular weight excluding hydrogens is 1310 g/mol. The smallest absolute Gasteiger partial charge is 0.462 e. The van der Waals surface area contributed by atoms with Gasteiger partial charge in [0.15, 0.2) is 12.2 Å². The van der Waals surface area contributed by atoms with Gasteiger partial charge < -0.3 is 33.8 Å². The molecule has 17 nitrogen and oxygen atoms in total. The summed E-state index contributed by atoms with van der Waals surface area (Å²) in [7, 11) is -10.0. The van der Waals surface area contributed by atoms with E-state index in [1.807, 2.05) is 42.5 Å². The Bertz CT molecular complexity index is 2670. The fourth-order valence-corrected chi connectivity index (χ4v) is 10.2. The predicted octanol–water partition coefficient (Wildman–Crippen LogP) is 21.0. The Balaban J connectivity index is 5.57. The quantitative estimate of drug-likeness (QED) is 0.0169. The van der Waals surface area contributed by atoms with E-state index in [2.05, 4.69) is 161 Å². The standard InChI is InChI=1S/C81H126O17P2/c1-5-9-13-17-21-25-29-33-36-37-40-43-46-50-54-58-62-66-79(84)92-72-77(98-81(86)68-64-60-56-52-48-44-39-35-31-27-23-19-15-11-7-3)74-96-100(89,90)94-70-75(82)69-93-99(87,88)95-73-76(97-80(85)67-63-59-55-51-47-41-32-28-24-20-16-12-8-4)71-91-78(83)65-61-57-53-49-45-42-38-34-30-26-22-18-14-10-6-2/h9-11,13-15,21-23,25-28,32-36,38-40,43,45,48-50,52,54,57,60-61,64,75-77,82H,5-8,12,16-20,24,29-31,37,41-42,44,46-47,51,53,55-56,58-59,62-63,65-74H2,1-4H3,(H,87,88)(H,89,90)/b13-9-,14-10-,15-11-,25-21-,26-22-,27-23-,32-28-,36-33-,38-34-,39-35-,43-40-,49-45-,52-48-,54-50-,61-57-,64-60-. The van der Waals surface area contributed by atoms with Crippen LogP contribution in [0.3, 0.4) is 0 Å². The van der Waals surface area contributed by atoms with Crippen LogP contribution in [-0.4, -0.2) is 96.7 Å². The van der Waals surface area contributed by atoms with Crippen molar-refractivity contribution in [3.8, 4) is 0 Å². The molecule has 0 radical (unpaired) electrons. The Morgan fingerprint density at radius 1 is 0.300 bits per heavy atom. The average Bonchev–Trinajstić information content (AvgIpc) is 1.06. The first kappa shape index (κ1) is 93.9. The van der Waals surface area contributed by atoms with Crippen molar-refractivity contribution >= 4 is 39.5 Å². The van der Waals surface area contributed by atoms with Crippen LogP contribution in [0.2, 0.25) is 0 Å². The number of carbonyl (C=O) groups excluding carboxylic acids is 4. The minimum atomic E-state index is -5.03. The third-order valence-corrected chi connectivity index (χ3v) is 16.0. The molecule has 0 saturated carbocycles. The first-order valence-electron chi connectivity index (χ1n) is 36.7. The second-order valence-corrected chi connectivity index (χ2v) is 26.3. The van der Waals surface area contributed by atoms with Crippen molar-refractivity contribution in [2.75, 3.05) is 39.6 Å². The van der Waals surface area contributed by atoms with Crippen molar-refractivity contribution in [1.82, 2.24) is 0 Å². The molecule has 0 aliphatic heterocycles. The van der Waals surface area contributed by atoms with Gasteiger partial charge in [-0.25, -0.2) is 9.13 Å². The summed E-state index contributed by atoms with van der Waals surface area (Å²) in [5.74, 6) is -2.58. The number of carbonyl (C=O) groups is 4. The average molecular weight is 1430 g/mol. The minimum Gasteiger partial charge on any atom is -0.462 e. The summed E-state index contributed by atoms with van der Waals surface area (Å²) in [6.45, 7) is 4.15. The van der Waals surface area contributed by atoms with Crippen molar-refractivity contribution in [3.05, 3.63) is 194 Å². The highest BCUT2D eigenvalue weighted by molar-refractivity contribution is 7.47. The Kier molecular flexibility index (Phi) is 67.0. The maximum Gasteiger partial charge on any atom is 0.472 e. The molecule has 3 N–H and O–H groups in total. The summed E-state index contributed by atoms with van der Waals surface area (Å²) in [5.41, 5.74) is 0. The maximum atomic E-state index is 13.1. The number of rotatable bonds is 66. The first-order chi connectivity index (χ1) is 48.7. The summed E-state index contributed by atoms with van der Waals surface area (Å²) in [4.78, 5) is 72.6. The van der Waals surface area contributed by atoms with Crippen LogP contribution >= 0.6 is 15.6 Å². The minimum absolute atomic E-state index is 0.0535. The van der Waals surface area contributed by atoms with Gasteiger partial charge in [0.25, 0.3) is 0 Å². The summed E-state index contributed by atoms with van der Waals surface area (Å²) < 4.78 is 68.0. The molecule has 100 heavy (non-hydrogen) atoms. The fraction of sp³-hybridized carbons (Fsp3) is 0.556. The molecule has 0 bridgehead atoms. The van der Waals surface area contributed by atoms with E-state index >= 15 is 0 Å². The monoisotopic (exact) mass is 1430 g/mol. The number of hydrogen-bond donors (Lipinski definition) is 3. The lowest BCUT2D eigenvalue weighted by atomic mass is 10.1. The molecule has 5 unspecified atom stereocenters. The molecule has 0 spiro atoms. The van der Waals surface area contributed by atoms with Gasteiger partial charge in [-0.15, -0.1) is 0 Å². The topological polar surface area (TPSA) is 237 Å². The van der Waals surface area contributed by atoms with Crippen LogP contribution in [0.15, 0.2) is 194 Å². The van der Waals surface area contributed by atoms with Crippen LogP contribution in [0.4, 0.5) is 0 Å². The van der Waals surface area contributed by atoms with Crippen LogP contribution in [0.5, 0.6) is 0 Å². The number of aliphatic hydroxyl groups excluding tert-OH is 1. The van der Waals surface area contributed by atoms with Gasteiger partial charge in [0.2, 0.25) is 0 Å². The van der Waals surface area contributed by atoms with E-state index in [1.54, 1.807) is 18.2 Å². The lowest BCUT2D eigenvalue weighted by Crippen LogP contribution is -2.30. The number of hydrogen-bond acceptors (Lipinski definition) is 15. The zero-order chi connectivity index (χ0) is 73.2. The highest BCUT2D eigenvalue weighted by Crippen LogP contribution is 2.45. The van der Waals surface area contributed by atoms with E-state index in [0.29, 0.717) is 32.1 Å². The van der Waals surface area contributed by atoms with Gasteiger partial charge in [0.1, 0.15) is 19.3 Å². The van der Waals surface area contributed by atoms with Crippen molar-refractivity contribution < 1.29 is 80.2 Å². The molecule has 5 atom stereocenters. The summed E-state index contributed by atoms with van der Waals surface area (Å²) in [5, 5.41) is 10.6. The number of phosphoric ester groups is 2. The van der Waals surface area contributed by atoms with Gasteiger partial charge in [0, 0.05) is 12.8 Å². The molecular formula is C81H126O17P2. The molecule has 0 rings (SSSR count). The van der Waals surface area contributed by atoms with Crippen LogP contribution in [0, 0.1) is 0 Å². The first-order valence-corrected chi connectivity index (χ1v) is 39.7. The molecule has 0 heterocycles. The molecule has 562 valence electrons. The van der Waals surface area contributed by atoms with Gasteiger partial charge in [-0.2, -0.15) is 0 Å². The number of phosphoric acid groups is 2. The van der Waals surface area contributed by atoms with E-state index < -0.39 is 97.5 Å². The molecule has 19 heteroatoms. The SMILES string of the molecule is CC/C=C\C/C=C\C/C=C\C/C=C\C/C=C\CCCC(=O)OCC(COP(=O)(O)OCC(O)COP(=O)(O)OCC(COC(=O)C/C=C\C/C=C\C/C=C\C/C=C\C/C=C\CC)OC(=O)CCCCCCC/C=C\CCCCCC)OC(=O)C/C=C\C/C=C\C/C=C\C/C=C\C/C=C\CC. The Hall–Kier alpha value is -6.10. The molecule has 0 saturated heterocycles. The molecule has 0 aromatic heterocycles. The highest BCUT2D eigenvalue weighted by Gasteiger charge is 2.30. The predicted molar refractivity (Wildman–Crippen MR) is 408 cm³/mol. The van der Waals surface area contributed by atoms with Crippen molar-refractivity contribution in [3.63, 3.8) is 0 Å². The van der Waals surface area contributed by atoms with E-state index in [-0.39, 0.29) is 25.7 Å². The third kappa shape index (κ3) is 70.3. The molecule has 0 aliphatic carbocycles. The number of esters is 4. The van der Waals surface area contributed by atoms with E-state index in [9.17, 15) is 43.2 Å². The lowest BCUT2D eigenvalue weighted by Gasteiger charge is -2.21. The van der Waals surface area contributed by atoms with Crippen LogP contribution in [-0.2, 0) is 65.4 Å². The number of ether oxygens (including phenoxy) is 4. The zero-order valence-corrected chi connectivity index (χ0v) is 62.8. The van der Waals surface area contributed by atoms with E-state index in [4.69, 9.17) is 37.0 Å². The molecule has 0 aliphatic rings. The van der Waals surface area contributed by atoms with Gasteiger partial charge >= 0.3 is 39.5 Å². The van der Waals surface area contributed by atoms with Crippen LogP contribution in [0.1, 0.15) is 233 Å². The highest BCUT2D eigenvalue weighted by atomic mass is 31.2. The largest absolute Gasteiger partial charge is 0.472 e. The number of aliphatic hydroxyl groups is 1. The zero-order valence-electron chi connectivity index (χ0n) is 61.0. The second-order valence-electron chi connectivity index (χ2n) is 23.4. The van der Waals surface area contributed by atoms with E-state index in [1.165, 1.54) is 25.7 Å². The number of unbranched alkanes of at least 4 members (excludes halogenated alkanes) is 10. The van der Waals surface area contributed by atoms with Gasteiger partial charge in [-0.3, -0.25) is 37.3 Å². The molecule has 0 aromatic rings. The Morgan fingerprint density at radius 3 is 0.970 bits per heavy atom. The molecule has 0 aromatic carbocycles. The summed E-state index contributed by atoms with van der Waals surface area (Å²) in [6, 6.07) is 0. The Morgan fingerprint density at radius 2 is 0.580 bits per heavy atom. The van der Waals surface area contributed by atoms with E-state index in [0.717, 1.165) is 122 Å². The fourth-order valence-electron chi connectivity index (χ4n) is 8.63. The third-order valence-electron chi connectivity index (χ3n) is 14.1. The molecule has 0 amide bonds. The van der Waals surface area contributed by atoms with Crippen LogP contribution in [0.25, 0.3) is 0 Å². The van der Waals surface area contributed by atoms with Gasteiger partial charge in [0.05, 0.1) is 39.3 Å². The number of allylic oxidation sites excluding steroid dienone is 30. The molecule has 0 fully saturated rings. The second kappa shape index (κ2) is 71.3. The van der Waals surface area contributed by atoms with Crippen molar-refractivity contribution in [2.45, 2.75) is 251 Å². The van der Waals surface area contributed by atoms with Crippen molar-refractivity contribution in [1.29, 1.82) is 0 Å². The summed E-state index contributed by atoms with van der Waals surface area (Å²) in [6.07, 6.45) is 86.5. The normalized spacial score (nSPS) is 15.1. The lowest BCUT2D eigenvalue weighted by molar-refractivity contribution is -0.160.